The van der Waals surface area contributed by atoms with E-state index in [1.165, 1.54) is 337 Å². The number of aryl methyl sites for hydroxylation is 3. The van der Waals surface area contributed by atoms with Crippen LogP contribution in [0.5, 0.6) is 0 Å². The van der Waals surface area contributed by atoms with Crippen LogP contribution in [0.2, 0.25) is 0 Å². The Morgan fingerprint density at radius 2 is 0.821 bits per heavy atom. The Labute approximate surface area is 516 Å². The summed E-state index contributed by atoms with van der Waals surface area (Å²) in [5.74, 6) is -0.641. The zero-order valence-corrected chi connectivity index (χ0v) is 55.6. The molecule has 1 aliphatic heterocycles. The molecular formula is C74H133N3O7. The lowest BCUT2D eigenvalue weighted by Gasteiger charge is -2.17. The summed E-state index contributed by atoms with van der Waals surface area (Å²) in [7, 11) is 0. The second-order valence-corrected chi connectivity index (χ2v) is 25.7. The molecule has 1 amide bonds. The molecule has 0 spiro atoms. The number of rotatable bonds is 56. The number of aromatic nitrogens is 2. The van der Waals surface area contributed by atoms with E-state index in [1.54, 1.807) is 19.4 Å². The number of nitrogens with one attached hydrogen (secondary N) is 1. The van der Waals surface area contributed by atoms with Crippen molar-refractivity contribution in [1.29, 1.82) is 0 Å². The number of esters is 1. The number of aromatic amines is 1. The predicted molar refractivity (Wildman–Crippen MR) is 357 cm³/mol. The molecule has 486 valence electrons. The third-order valence-electron chi connectivity index (χ3n) is 18.0. The number of ether oxygens (including phenoxy) is 2. The molecule has 3 atom stereocenters. The van der Waals surface area contributed by atoms with Gasteiger partial charge in [-0.1, -0.05) is 317 Å². The maximum absolute atomic E-state index is 12.6. The van der Waals surface area contributed by atoms with E-state index in [4.69, 9.17) is 15.2 Å². The zero-order chi connectivity index (χ0) is 60.9. The van der Waals surface area contributed by atoms with Gasteiger partial charge in [-0.15, -0.1) is 0 Å². The molecule has 0 bridgehead atoms. The third-order valence-corrected chi connectivity index (χ3v) is 18.0. The van der Waals surface area contributed by atoms with Crippen molar-refractivity contribution < 1.29 is 24.2 Å². The third kappa shape index (κ3) is 38.8. The van der Waals surface area contributed by atoms with Crippen molar-refractivity contribution >= 4 is 11.9 Å². The highest BCUT2D eigenvalue weighted by Gasteiger charge is 2.39. The molecule has 1 fully saturated rings. The molecule has 3 rings (SSSR count). The molecule has 84 heavy (non-hydrogen) atoms. The monoisotopic (exact) mass is 1180 g/mol. The number of nitrogens with zero attached hydrogens (tertiary/aromatic N) is 1. The Hall–Kier alpha value is -3.24. The first-order valence-electron chi connectivity index (χ1n) is 36.3. The van der Waals surface area contributed by atoms with E-state index in [1.807, 2.05) is 0 Å². The number of hydrogen-bond acceptors (Lipinski definition) is 7. The molecule has 1 aromatic carbocycles. The van der Waals surface area contributed by atoms with Crippen LogP contribution in [0.4, 0.5) is 0 Å². The highest BCUT2D eigenvalue weighted by atomic mass is 16.6. The van der Waals surface area contributed by atoms with Gasteiger partial charge in [-0.25, -0.2) is 4.79 Å². The second kappa shape index (κ2) is 54.0. The minimum absolute atomic E-state index is 0.219. The molecule has 0 saturated carbocycles. The van der Waals surface area contributed by atoms with E-state index >= 15 is 0 Å². The average Bonchev–Trinajstić information content (AvgIpc) is 4.05. The van der Waals surface area contributed by atoms with Crippen molar-refractivity contribution in [2.75, 3.05) is 6.61 Å². The summed E-state index contributed by atoms with van der Waals surface area (Å²) in [6.07, 6.45) is 70.8. The van der Waals surface area contributed by atoms with E-state index in [2.05, 4.69) is 37.9 Å². The lowest BCUT2D eigenvalue weighted by atomic mass is 9.88. The maximum Gasteiger partial charge on any atom is 0.330 e. The number of hydrogen-bond donors (Lipinski definition) is 3. The number of unbranched alkanes of at least 4 members (excludes halogenated alkanes) is 45. The topological polar surface area (TPSA) is 154 Å². The minimum Gasteiger partial charge on any atom is -0.459 e. The standard InChI is InChI=1S/C61H115NO.C13H18N2O6/c1-4-7-10-13-16-19-22-25-28-31-34-37-40-43-46-49-52-57-55-59(61(62)63)56-58(53-50-47-44-41-38-35-32-29-26-23-20-17-14-11-8-5-2)60(57)54-51-48-45-42-39-36-33-30-27-24-21-18-15-12-9-6-3;1-3-11(17)21-8-4-10(20-9(8)6-16)15-5-7(2)12(18)14-13(15)19/h55-56H,4-54H2,1-3H3,(H2,62,63);5,8-10,16H,3-4,6H2,1-2H3,(H,14,18,19)/t;8-,9+,10+/m.0/s1. The van der Waals surface area contributed by atoms with Gasteiger partial charge in [-0.05, 0) is 74.3 Å². The molecule has 1 aliphatic rings. The van der Waals surface area contributed by atoms with Gasteiger partial charge in [-0.3, -0.25) is 23.9 Å². The van der Waals surface area contributed by atoms with Gasteiger partial charge in [0.2, 0.25) is 5.91 Å². The van der Waals surface area contributed by atoms with Gasteiger partial charge in [0.1, 0.15) is 18.4 Å². The summed E-state index contributed by atoms with van der Waals surface area (Å²) in [6.45, 7) is 9.84. The SMILES string of the molecule is CCC(=O)O[C@H]1C[C@H](n2cc(C)c(=O)[nH]c2=O)O[C@@H]1CO.CCCCCCCCCCCCCCCCCCc1cc(C(N)=O)cc(CCCCCCCCCCCCCCCCCC)c1CCCCCCCCCCCCCCCCCC. The molecule has 10 heteroatoms. The van der Waals surface area contributed by atoms with Crippen LogP contribution < -0.4 is 17.0 Å². The first-order valence-corrected chi connectivity index (χ1v) is 36.3. The van der Waals surface area contributed by atoms with Gasteiger partial charge in [0.25, 0.3) is 5.56 Å². The van der Waals surface area contributed by atoms with Crippen molar-refractivity contribution in [3.8, 4) is 0 Å². The predicted octanol–water partition coefficient (Wildman–Crippen LogP) is 20.6. The average molecular weight is 1180 g/mol. The fourth-order valence-electron chi connectivity index (χ4n) is 12.5. The number of primary amides is 1. The molecule has 4 N–H and O–H groups in total. The Kier molecular flexibility index (Phi) is 49.4. The van der Waals surface area contributed by atoms with Gasteiger partial charge in [0.15, 0.2) is 0 Å². The fourth-order valence-corrected chi connectivity index (χ4v) is 12.5. The van der Waals surface area contributed by atoms with Crippen LogP contribution in [0.25, 0.3) is 0 Å². The number of aliphatic hydroxyl groups excluding tert-OH is 1. The fraction of sp³-hybridized carbons (Fsp3) is 0.838. The van der Waals surface area contributed by atoms with Crippen LogP contribution in [0.15, 0.2) is 27.9 Å². The molecule has 2 heterocycles. The number of H-pyrrole nitrogens is 1. The summed E-state index contributed by atoms with van der Waals surface area (Å²) in [6, 6.07) is 4.40. The normalized spacial score (nSPS) is 15.0. The Morgan fingerprint density at radius 3 is 1.12 bits per heavy atom. The largest absolute Gasteiger partial charge is 0.459 e. The summed E-state index contributed by atoms with van der Waals surface area (Å²) in [5.41, 5.74) is 10.5. The number of carbonyl (C=O) groups is 2. The highest BCUT2D eigenvalue weighted by molar-refractivity contribution is 5.93. The van der Waals surface area contributed by atoms with Gasteiger partial charge in [-0.2, -0.15) is 0 Å². The number of aliphatic hydroxyl groups is 1. The number of benzene rings is 1. The second-order valence-electron chi connectivity index (χ2n) is 25.7. The Morgan fingerprint density at radius 1 is 0.512 bits per heavy atom. The van der Waals surface area contributed by atoms with E-state index in [0.717, 1.165) is 18.4 Å². The Bertz CT molecular complexity index is 1940. The van der Waals surface area contributed by atoms with Crippen LogP contribution in [0, 0.1) is 6.92 Å². The van der Waals surface area contributed by atoms with Crippen LogP contribution in [-0.4, -0.2) is 45.3 Å². The van der Waals surface area contributed by atoms with Gasteiger partial charge < -0.3 is 20.3 Å². The highest BCUT2D eigenvalue weighted by Crippen LogP contribution is 2.31. The number of nitrogens with two attached hydrogens (primary N) is 1. The molecule has 0 aliphatic carbocycles. The smallest absolute Gasteiger partial charge is 0.330 e. The molecule has 0 radical (unpaired) electrons. The molecular weight excluding hydrogens is 1040 g/mol. The number of carbonyl (C=O) groups excluding carboxylic acids is 2. The lowest BCUT2D eigenvalue weighted by molar-refractivity contribution is -0.152. The van der Waals surface area contributed by atoms with Crippen molar-refractivity contribution in [1.82, 2.24) is 9.55 Å². The summed E-state index contributed by atoms with van der Waals surface area (Å²) < 4.78 is 12.0. The molecule has 0 unspecified atom stereocenters. The molecule has 1 aromatic heterocycles. The molecule has 10 nitrogen and oxygen atoms in total. The van der Waals surface area contributed by atoms with E-state index in [0.29, 0.717) is 5.56 Å². The van der Waals surface area contributed by atoms with Crippen molar-refractivity contribution in [2.24, 2.45) is 5.73 Å². The summed E-state index contributed by atoms with van der Waals surface area (Å²) in [5, 5.41) is 9.29. The van der Waals surface area contributed by atoms with Crippen LogP contribution in [-0.2, 0) is 33.5 Å². The van der Waals surface area contributed by atoms with Crippen LogP contribution in [0.1, 0.15) is 388 Å². The van der Waals surface area contributed by atoms with Gasteiger partial charge in [0.05, 0.1) is 6.61 Å². The minimum atomic E-state index is -0.695. The maximum atomic E-state index is 12.6. The van der Waals surface area contributed by atoms with Crippen LogP contribution in [0.3, 0.4) is 0 Å². The van der Waals surface area contributed by atoms with Gasteiger partial charge in [0, 0.05) is 30.2 Å². The van der Waals surface area contributed by atoms with Gasteiger partial charge >= 0.3 is 11.7 Å². The molecule has 1 saturated heterocycles. The van der Waals surface area contributed by atoms with E-state index < -0.39 is 35.7 Å². The first kappa shape index (κ1) is 76.9. The van der Waals surface area contributed by atoms with Crippen LogP contribution >= 0.6 is 0 Å². The summed E-state index contributed by atoms with van der Waals surface area (Å²) in [4.78, 5) is 49.3. The van der Waals surface area contributed by atoms with Crippen molar-refractivity contribution in [2.45, 2.75) is 393 Å². The molecule has 2 aromatic rings. The zero-order valence-electron chi connectivity index (χ0n) is 55.6. The Balaban J connectivity index is 0.000000949. The van der Waals surface area contributed by atoms with Crippen molar-refractivity contribution in [3.63, 3.8) is 0 Å². The number of amides is 1. The summed E-state index contributed by atoms with van der Waals surface area (Å²) >= 11 is 0. The van der Waals surface area contributed by atoms with E-state index in [-0.39, 0.29) is 25.4 Å². The van der Waals surface area contributed by atoms with Crippen molar-refractivity contribution in [3.05, 3.63) is 67.0 Å². The quantitative estimate of drug-likeness (QED) is 0.0440. The van der Waals surface area contributed by atoms with E-state index in [9.17, 15) is 24.3 Å². The first-order chi connectivity index (χ1) is 41.1. The lowest BCUT2D eigenvalue weighted by Crippen LogP contribution is -2.33.